The van der Waals surface area contributed by atoms with E-state index in [4.69, 9.17) is 0 Å². The molecule has 4 heterocycles. The predicted octanol–water partition coefficient (Wildman–Crippen LogP) is 10.8. The van der Waals surface area contributed by atoms with Crippen LogP contribution in [0.4, 0.5) is 0 Å². The Morgan fingerprint density at radius 1 is 0.750 bits per heavy atom. The number of allylic oxidation sites excluding steroid dienone is 2. The Hall–Kier alpha value is -5.55. The van der Waals surface area contributed by atoms with Gasteiger partial charge >= 0.3 is 0 Å². The van der Waals surface area contributed by atoms with Crippen LogP contribution in [0.25, 0.3) is 93.6 Å². The van der Waals surface area contributed by atoms with E-state index in [1.165, 1.54) is 25.9 Å². The zero-order chi connectivity index (χ0) is 32.7. The number of pyridine rings is 1. The van der Waals surface area contributed by atoms with Gasteiger partial charge in [-0.25, -0.2) is 0 Å². The maximum absolute atomic E-state index is 14.2. The van der Waals surface area contributed by atoms with Crippen molar-refractivity contribution in [1.29, 1.82) is 0 Å². The minimum Gasteiger partial charge on any atom is -0.275 e. The van der Waals surface area contributed by atoms with Crippen LogP contribution in [0.2, 0.25) is 0 Å². The molecule has 0 aliphatic heterocycles. The quantitative estimate of drug-likeness (QED) is 0.170. The van der Waals surface area contributed by atoms with E-state index in [1.807, 2.05) is 41.7 Å². The lowest BCUT2D eigenvalue weighted by Crippen LogP contribution is -2.19. The standard InChI is InChI=1S/C44H29NOS2/c1-5-13-32-33-18-12-17-30(43(33)47-39(32)7-3)26-20-21-38-35(22-26)37-24-27(28(6-2)42-25(4)29-14-10-11-19-40(29)48-42)23-36-31-15-8-9-16-34(31)44(46)45(38)41(36)37/h5-24H,2-4H2,1H3/b13-5-,42-28-. The fourth-order valence-corrected chi connectivity index (χ4v) is 9.83. The summed E-state index contributed by atoms with van der Waals surface area (Å²) in [6, 6.07) is 33.9. The molecule has 0 saturated heterocycles. The second-order valence-corrected chi connectivity index (χ2v) is 14.2. The van der Waals surface area contributed by atoms with E-state index < -0.39 is 0 Å². The fourth-order valence-electron chi connectivity index (χ4n) is 7.44. The van der Waals surface area contributed by atoms with Crippen LogP contribution in [0.5, 0.6) is 0 Å². The number of fused-ring (bicyclic) bond motifs is 7. The highest BCUT2D eigenvalue weighted by molar-refractivity contribution is 7.20. The van der Waals surface area contributed by atoms with Gasteiger partial charge in [0.2, 0.25) is 0 Å². The van der Waals surface area contributed by atoms with Gasteiger partial charge in [-0.3, -0.25) is 9.20 Å². The van der Waals surface area contributed by atoms with Gasteiger partial charge in [-0.1, -0.05) is 105 Å². The first-order chi connectivity index (χ1) is 23.5. The molecule has 0 saturated carbocycles. The summed E-state index contributed by atoms with van der Waals surface area (Å²) in [5.41, 5.74) is 7.45. The van der Waals surface area contributed by atoms with Crippen LogP contribution in [0.3, 0.4) is 0 Å². The van der Waals surface area contributed by atoms with Crippen molar-refractivity contribution in [2.75, 3.05) is 0 Å². The monoisotopic (exact) mass is 651 g/mol. The minimum absolute atomic E-state index is 0.00283. The van der Waals surface area contributed by atoms with Crippen molar-refractivity contribution in [3.05, 3.63) is 158 Å². The van der Waals surface area contributed by atoms with Crippen molar-refractivity contribution in [3.63, 3.8) is 0 Å². The van der Waals surface area contributed by atoms with Gasteiger partial charge in [0.1, 0.15) is 0 Å². The average molecular weight is 652 g/mol. The van der Waals surface area contributed by atoms with Gasteiger partial charge in [0.15, 0.2) is 0 Å². The lowest BCUT2D eigenvalue weighted by molar-refractivity contribution is 1.21. The topological polar surface area (TPSA) is 21.5 Å². The Bertz CT molecular complexity index is 3040. The van der Waals surface area contributed by atoms with E-state index in [-0.39, 0.29) is 5.56 Å². The lowest BCUT2D eigenvalue weighted by atomic mass is 9.96. The molecule has 9 rings (SSSR count). The summed E-state index contributed by atoms with van der Waals surface area (Å²) in [5, 5.41) is 8.21. The van der Waals surface area contributed by atoms with Gasteiger partial charge in [0, 0.05) is 45.7 Å². The highest BCUT2D eigenvalue weighted by Crippen LogP contribution is 2.42. The summed E-state index contributed by atoms with van der Waals surface area (Å²) in [4.78, 5) is 15.4. The molecular formula is C44H29NOS2. The normalized spacial score (nSPS) is 12.9. The third-order valence-electron chi connectivity index (χ3n) is 9.58. The molecule has 0 fully saturated rings. The highest BCUT2D eigenvalue weighted by Gasteiger charge is 2.20. The Balaban J connectivity index is 1.42. The molecule has 0 aliphatic carbocycles. The molecular weight excluding hydrogens is 623 g/mol. The summed E-state index contributed by atoms with van der Waals surface area (Å²) in [7, 11) is 0. The van der Waals surface area contributed by atoms with Crippen LogP contribution in [0.15, 0.2) is 127 Å². The third-order valence-corrected chi connectivity index (χ3v) is 12.1. The van der Waals surface area contributed by atoms with Crippen molar-refractivity contribution in [2.24, 2.45) is 0 Å². The van der Waals surface area contributed by atoms with Crippen LogP contribution in [-0.4, -0.2) is 4.40 Å². The van der Waals surface area contributed by atoms with Crippen LogP contribution in [-0.2, 0) is 0 Å². The van der Waals surface area contributed by atoms with Gasteiger partial charge < -0.3 is 0 Å². The van der Waals surface area contributed by atoms with Crippen molar-refractivity contribution >= 4 is 105 Å². The molecule has 4 aromatic heterocycles. The van der Waals surface area contributed by atoms with E-state index in [1.54, 1.807) is 22.7 Å². The maximum Gasteiger partial charge on any atom is 0.263 e. The highest BCUT2D eigenvalue weighted by atomic mass is 32.1. The number of rotatable bonds is 5. The molecule has 9 aromatic rings. The van der Waals surface area contributed by atoms with E-state index in [0.29, 0.717) is 5.39 Å². The number of nitrogens with zero attached hydrogens (tertiary/aromatic N) is 1. The summed E-state index contributed by atoms with van der Waals surface area (Å²) in [6.45, 7) is 14.9. The van der Waals surface area contributed by atoms with E-state index in [0.717, 1.165) is 69.3 Å². The largest absolute Gasteiger partial charge is 0.275 e. The molecule has 48 heavy (non-hydrogen) atoms. The Morgan fingerprint density at radius 2 is 1.48 bits per heavy atom. The van der Waals surface area contributed by atoms with Gasteiger partial charge in [-0.2, -0.15) is 0 Å². The summed E-state index contributed by atoms with van der Waals surface area (Å²) >= 11 is 3.52. The van der Waals surface area contributed by atoms with Crippen molar-refractivity contribution in [1.82, 2.24) is 4.40 Å². The molecule has 0 spiro atoms. The van der Waals surface area contributed by atoms with Crippen LogP contribution >= 0.6 is 22.7 Å². The van der Waals surface area contributed by atoms with Gasteiger partial charge in [-0.05, 0) is 87.1 Å². The first kappa shape index (κ1) is 28.7. The number of hydrogen-bond acceptors (Lipinski definition) is 3. The summed E-state index contributed by atoms with van der Waals surface area (Å²) in [5.74, 6) is 0. The Kier molecular flexibility index (Phi) is 6.41. The Labute approximate surface area is 284 Å². The van der Waals surface area contributed by atoms with E-state index in [2.05, 4.69) is 111 Å². The molecule has 5 aromatic carbocycles. The zero-order valence-corrected chi connectivity index (χ0v) is 28.0. The Morgan fingerprint density at radius 3 is 2.23 bits per heavy atom. The molecule has 4 heteroatoms. The minimum atomic E-state index is 0.00283. The molecule has 0 bridgehead atoms. The number of hydrogen-bond donors (Lipinski definition) is 0. The second kappa shape index (κ2) is 10.7. The molecule has 0 aliphatic rings. The third kappa shape index (κ3) is 3.94. The SMILES string of the molecule is C=C/C(c1cc2c3ccccc3c(=O)n3c4ccc(-c5cccc6c(/C=C\C)c(C=C)sc56)cc4c(c1)c23)=c1/sc2ccccc2c1=C. The van der Waals surface area contributed by atoms with Gasteiger partial charge in [0.25, 0.3) is 5.56 Å². The number of aromatic nitrogens is 1. The van der Waals surface area contributed by atoms with E-state index >= 15 is 0 Å². The van der Waals surface area contributed by atoms with Crippen molar-refractivity contribution in [3.8, 4) is 11.1 Å². The van der Waals surface area contributed by atoms with Crippen LogP contribution < -0.4 is 15.3 Å². The van der Waals surface area contributed by atoms with E-state index in [9.17, 15) is 4.79 Å². The first-order valence-electron chi connectivity index (χ1n) is 15.9. The van der Waals surface area contributed by atoms with Crippen molar-refractivity contribution in [2.45, 2.75) is 6.92 Å². The number of thiophene rings is 2. The average Bonchev–Trinajstić information content (AvgIpc) is 3.77. The molecule has 0 amide bonds. The molecule has 0 unspecified atom stereocenters. The lowest BCUT2D eigenvalue weighted by Gasteiger charge is -2.09. The molecule has 0 atom stereocenters. The zero-order valence-electron chi connectivity index (χ0n) is 26.3. The molecule has 2 nitrogen and oxygen atoms in total. The summed E-state index contributed by atoms with van der Waals surface area (Å²) < 4.78 is 5.47. The smallest absolute Gasteiger partial charge is 0.263 e. The number of benzene rings is 5. The fraction of sp³-hybridized carbons (Fsp3) is 0.0227. The maximum atomic E-state index is 14.2. The van der Waals surface area contributed by atoms with Crippen molar-refractivity contribution < 1.29 is 0 Å². The molecule has 0 radical (unpaired) electrons. The first-order valence-corrected chi connectivity index (χ1v) is 17.6. The van der Waals surface area contributed by atoms with Crippen LogP contribution in [0, 0.1) is 0 Å². The summed E-state index contributed by atoms with van der Waals surface area (Å²) in [6.07, 6.45) is 8.15. The predicted molar refractivity (Wildman–Crippen MR) is 212 cm³/mol. The van der Waals surface area contributed by atoms with Gasteiger partial charge in [0.05, 0.1) is 11.0 Å². The van der Waals surface area contributed by atoms with Gasteiger partial charge in [-0.15, -0.1) is 22.7 Å². The molecule has 228 valence electrons. The second-order valence-electron chi connectivity index (χ2n) is 12.1. The van der Waals surface area contributed by atoms with Crippen LogP contribution in [0.1, 0.15) is 22.9 Å². The molecule has 0 N–H and O–H groups in total.